The molecule has 0 bridgehead atoms. The smallest absolute Gasteiger partial charge is 0.123 e. The van der Waals surface area contributed by atoms with Crippen LogP contribution in [-0.4, -0.2) is 32.5 Å². The summed E-state index contributed by atoms with van der Waals surface area (Å²) in [6, 6.07) is 7.85. The Morgan fingerprint density at radius 2 is 2.00 bits per heavy atom. The van der Waals surface area contributed by atoms with Crippen molar-refractivity contribution in [3.8, 4) is 5.75 Å². The van der Waals surface area contributed by atoms with E-state index in [4.69, 9.17) is 19.9 Å². The molecule has 1 unspecified atom stereocenters. The molecule has 0 saturated carbocycles. The molecule has 0 aliphatic heterocycles. The van der Waals surface area contributed by atoms with Crippen LogP contribution in [0, 0.1) is 0 Å². The van der Waals surface area contributed by atoms with E-state index in [1.807, 2.05) is 38.1 Å². The van der Waals surface area contributed by atoms with Gasteiger partial charge in [0.1, 0.15) is 5.75 Å². The maximum Gasteiger partial charge on any atom is 0.123 e. The van der Waals surface area contributed by atoms with Crippen LogP contribution in [0.4, 0.5) is 0 Å². The number of hydrogen-bond donors (Lipinski definition) is 1. The third kappa shape index (κ3) is 6.57. The number of para-hydroxylation sites is 1. The lowest BCUT2D eigenvalue weighted by Crippen LogP contribution is -2.17. The summed E-state index contributed by atoms with van der Waals surface area (Å²) < 4.78 is 16.6. The summed E-state index contributed by atoms with van der Waals surface area (Å²) in [5.41, 5.74) is 6.68. The lowest BCUT2D eigenvalue weighted by molar-refractivity contribution is -0.00668. The van der Waals surface area contributed by atoms with E-state index in [-0.39, 0.29) is 6.10 Å². The van der Waals surface area contributed by atoms with Crippen LogP contribution in [0.2, 0.25) is 0 Å². The van der Waals surface area contributed by atoms with Crippen LogP contribution in [-0.2, 0) is 16.0 Å². The first kappa shape index (κ1) is 16.0. The Hall–Kier alpha value is -1.10. The molecule has 108 valence electrons. The van der Waals surface area contributed by atoms with E-state index in [9.17, 15) is 0 Å². The normalized spacial score (nSPS) is 12.4. The highest BCUT2D eigenvalue weighted by atomic mass is 16.5. The van der Waals surface area contributed by atoms with E-state index in [1.165, 1.54) is 0 Å². The average Bonchev–Trinajstić information content (AvgIpc) is 2.45. The maximum absolute atomic E-state index is 5.70. The molecular weight excluding hydrogens is 242 g/mol. The van der Waals surface area contributed by atoms with Gasteiger partial charge < -0.3 is 19.9 Å². The molecule has 0 fully saturated rings. The molecule has 0 saturated heterocycles. The quantitative estimate of drug-likeness (QED) is 0.661. The summed E-state index contributed by atoms with van der Waals surface area (Å²) >= 11 is 0. The Morgan fingerprint density at radius 1 is 1.21 bits per heavy atom. The molecule has 19 heavy (non-hydrogen) atoms. The Kier molecular flexibility index (Phi) is 8.21. The van der Waals surface area contributed by atoms with Crippen LogP contribution in [0.1, 0.15) is 25.8 Å². The van der Waals surface area contributed by atoms with Gasteiger partial charge in [-0.1, -0.05) is 18.2 Å². The van der Waals surface area contributed by atoms with Crippen molar-refractivity contribution in [1.82, 2.24) is 0 Å². The second-order valence-electron chi connectivity index (χ2n) is 4.35. The van der Waals surface area contributed by atoms with Crippen molar-refractivity contribution >= 4 is 0 Å². The van der Waals surface area contributed by atoms with Gasteiger partial charge in [-0.3, -0.25) is 0 Å². The van der Waals surface area contributed by atoms with Gasteiger partial charge in [0.2, 0.25) is 0 Å². The molecule has 4 nitrogen and oxygen atoms in total. The molecule has 0 aliphatic carbocycles. The molecule has 0 aliphatic rings. The maximum atomic E-state index is 5.70. The molecule has 0 radical (unpaired) electrons. The first-order valence-corrected chi connectivity index (χ1v) is 6.88. The lowest BCUT2D eigenvalue weighted by atomic mass is 10.2. The van der Waals surface area contributed by atoms with Crippen molar-refractivity contribution in [1.29, 1.82) is 0 Å². The molecular formula is C15H25NO3. The van der Waals surface area contributed by atoms with E-state index in [2.05, 4.69) is 0 Å². The predicted octanol–water partition coefficient (Wildman–Crippen LogP) is 2.36. The molecule has 1 atom stereocenters. The van der Waals surface area contributed by atoms with Gasteiger partial charge in [0.15, 0.2) is 0 Å². The fraction of sp³-hybridized carbons (Fsp3) is 0.600. The second-order valence-corrected chi connectivity index (χ2v) is 4.35. The summed E-state index contributed by atoms with van der Waals surface area (Å²) in [7, 11) is 0. The van der Waals surface area contributed by atoms with Gasteiger partial charge in [-0.25, -0.2) is 0 Å². The van der Waals surface area contributed by atoms with E-state index in [0.717, 1.165) is 24.3 Å². The third-order valence-corrected chi connectivity index (χ3v) is 2.70. The molecule has 1 rings (SSSR count). The minimum atomic E-state index is 0.135. The standard InChI is InChI=1S/C15H25NO3/c1-3-17-12-13(2)18-9-6-10-19-15-8-5-4-7-14(15)11-16/h4-5,7-8,13H,3,6,9-12,16H2,1-2H3. The topological polar surface area (TPSA) is 53.7 Å². The third-order valence-electron chi connectivity index (χ3n) is 2.70. The molecule has 1 aromatic rings. The summed E-state index contributed by atoms with van der Waals surface area (Å²) in [6.45, 7) is 7.19. The van der Waals surface area contributed by atoms with Crippen molar-refractivity contribution in [2.75, 3.05) is 26.4 Å². The highest BCUT2D eigenvalue weighted by Gasteiger charge is 2.03. The van der Waals surface area contributed by atoms with Gasteiger partial charge in [-0.05, 0) is 19.9 Å². The minimum Gasteiger partial charge on any atom is -0.493 e. The van der Waals surface area contributed by atoms with Crippen LogP contribution >= 0.6 is 0 Å². The predicted molar refractivity (Wildman–Crippen MR) is 76.4 cm³/mol. The van der Waals surface area contributed by atoms with Gasteiger partial charge in [0, 0.05) is 25.1 Å². The first-order chi connectivity index (χ1) is 9.27. The first-order valence-electron chi connectivity index (χ1n) is 6.88. The van der Waals surface area contributed by atoms with Crippen molar-refractivity contribution in [2.24, 2.45) is 5.73 Å². The monoisotopic (exact) mass is 267 g/mol. The Bertz CT molecular complexity index is 344. The zero-order valence-corrected chi connectivity index (χ0v) is 11.9. The molecule has 0 heterocycles. The second kappa shape index (κ2) is 9.78. The van der Waals surface area contributed by atoms with Gasteiger partial charge in [0.05, 0.1) is 25.9 Å². The summed E-state index contributed by atoms with van der Waals surface area (Å²) in [6.07, 6.45) is 0.992. The summed E-state index contributed by atoms with van der Waals surface area (Å²) in [5.74, 6) is 0.868. The Balaban J connectivity index is 2.13. The summed E-state index contributed by atoms with van der Waals surface area (Å²) in [4.78, 5) is 0. The van der Waals surface area contributed by atoms with Crippen LogP contribution in [0.3, 0.4) is 0 Å². The lowest BCUT2D eigenvalue weighted by Gasteiger charge is -2.13. The van der Waals surface area contributed by atoms with Crippen molar-refractivity contribution in [3.05, 3.63) is 29.8 Å². The Morgan fingerprint density at radius 3 is 2.74 bits per heavy atom. The molecule has 0 amide bonds. The van der Waals surface area contributed by atoms with E-state index >= 15 is 0 Å². The zero-order valence-electron chi connectivity index (χ0n) is 11.9. The van der Waals surface area contributed by atoms with Crippen molar-refractivity contribution in [3.63, 3.8) is 0 Å². The molecule has 2 N–H and O–H groups in total. The van der Waals surface area contributed by atoms with Crippen LogP contribution < -0.4 is 10.5 Å². The summed E-state index contributed by atoms with van der Waals surface area (Å²) in [5, 5.41) is 0. The van der Waals surface area contributed by atoms with Crippen LogP contribution in [0.15, 0.2) is 24.3 Å². The SMILES string of the molecule is CCOCC(C)OCCCOc1ccccc1CN. The van der Waals surface area contributed by atoms with Gasteiger partial charge >= 0.3 is 0 Å². The number of rotatable bonds is 10. The molecule has 0 aromatic heterocycles. The fourth-order valence-electron chi connectivity index (χ4n) is 1.67. The van der Waals surface area contributed by atoms with Gasteiger partial charge in [-0.15, -0.1) is 0 Å². The number of hydrogen-bond acceptors (Lipinski definition) is 4. The van der Waals surface area contributed by atoms with E-state index < -0.39 is 0 Å². The van der Waals surface area contributed by atoms with Gasteiger partial charge in [-0.2, -0.15) is 0 Å². The highest BCUT2D eigenvalue weighted by molar-refractivity contribution is 5.32. The van der Waals surface area contributed by atoms with Gasteiger partial charge in [0.25, 0.3) is 0 Å². The number of benzene rings is 1. The average molecular weight is 267 g/mol. The zero-order chi connectivity index (χ0) is 13.9. The Labute approximate surface area is 115 Å². The van der Waals surface area contributed by atoms with E-state index in [1.54, 1.807) is 0 Å². The number of nitrogens with two attached hydrogens (primary N) is 1. The van der Waals surface area contributed by atoms with Crippen molar-refractivity contribution < 1.29 is 14.2 Å². The fourth-order valence-corrected chi connectivity index (χ4v) is 1.67. The van der Waals surface area contributed by atoms with Crippen molar-refractivity contribution in [2.45, 2.75) is 32.9 Å². The van der Waals surface area contributed by atoms with Crippen LogP contribution in [0.25, 0.3) is 0 Å². The molecule has 4 heteroatoms. The highest BCUT2D eigenvalue weighted by Crippen LogP contribution is 2.17. The molecule has 0 spiro atoms. The number of ether oxygens (including phenoxy) is 3. The van der Waals surface area contributed by atoms with Crippen LogP contribution in [0.5, 0.6) is 5.75 Å². The molecule has 1 aromatic carbocycles. The van der Waals surface area contributed by atoms with E-state index in [0.29, 0.717) is 26.4 Å². The minimum absolute atomic E-state index is 0.135. The largest absolute Gasteiger partial charge is 0.493 e.